The smallest absolute Gasteiger partial charge is 0.237 e. The topological polar surface area (TPSA) is 57.8 Å². The molecule has 1 amide bonds. The number of carbonyl (C=O) groups excluding carboxylic acids is 1. The molecule has 0 saturated heterocycles. The summed E-state index contributed by atoms with van der Waals surface area (Å²) in [5.41, 5.74) is 7.02. The van der Waals surface area contributed by atoms with Crippen molar-refractivity contribution in [2.45, 2.75) is 31.2 Å². The largest absolute Gasteiger partial charge is 0.332 e. The molecule has 4 rings (SSSR count). The lowest BCUT2D eigenvalue weighted by molar-refractivity contribution is -0.115. The van der Waals surface area contributed by atoms with Crippen LogP contribution in [-0.2, 0) is 4.79 Å². The normalized spacial score (nSPS) is 11.8. The maximum Gasteiger partial charge on any atom is 0.237 e. The van der Waals surface area contributed by atoms with Gasteiger partial charge in [0, 0.05) is 16.8 Å². The summed E-state index contributed by atoms with van der Waals surface area (Å²) in [6.45, 7) is 5.95. The molecule has 1 heterocycles. The highest BCUT2D eigenvalue weighted by atomic mass is 32.2. The second-order valence-corrected chi connectivity index (χ2v) is 8.89. The molecular formula is C26H25N3OS. The molecule has 4 nitrogen and oxygen atoms in total. The Bertz CT molecular complexity index is 1130. The third-order valence-electron chi connectivity index (χ3n) is 5.09. The Morgan fingerprint density at radius 1 is 0.935 bits per heavy atom. The summed E-state index contributed by atoms with van der Waals surface area (Å²) in [6, 6.07) is 26.3. The van der Waals surface area contributed by atoms with E-state index in [0.29, 0.717) is 0 Å². The van der Waals surface area contributed by atoms with Crippen molar-refractivity contribution in [1.29, 1.82) is 0 Å². The molecule has 0 saturated carbocycles. The van der Waals surface area contributed by atoms with Crippen LogP contribution in [0.4, 0.5) is 5.69 Å². The van der Waals surface area contributed by atoms with Crippen LogP contribution in [0.25, 0.3) is 22.5 Å². The van der Waals surface area contributed by atoms with E-state index in [1.54, 1.807) is 0 Å². The fourth-order valence-corrected chi connectivity index (χ4v) is 4.24. The quantitative estimate of drug-likeness (QED) is 0.346. The van der Waals surface area contributed by atoms with Gasteiger partial charge in [-0.25, -0.2) is 4.98 Å². The van der Waals surface area contributed by atoms with Crippen LogP contribution >= 0.6 is 11.8 Å². The number of rotatable bonds is 6. The number of aryl methyl sites for hydroxylation is 2. The lowest BCUT2D eigenvalue weighted by Crippen LogP contribution is -2.23. The predicted molar refractivity (Wildman–Crippen MR) is 129 cm³/mol. The number of hydrogen-bond acceptors (Lipinski definition) is 3. The van der Waals surface area contributed by atoms with Crippen molar-refractivity contribution in [2.75, 3.05) is 5.32 Å². The van der Waals surface area contributed by atoms with Crippen LogP contribution in [0.5, 0.6) is 0 Å². The number of aromatic nitrogens is 2. The number of nitrogens with zero attached hydrogens (tertiary/aromatic N) is 1. The summed E-state index contributed by atoms with van der Waals surface area (Å²) < 4.78 is 0. The van der Waals surface area contributed by atoms with E-state index in [2.05, 4.69) is 28.5 Å². The molecular weight excluding hydrogens is 402 g/mol. The van der Waals surface area contributed by atoms with Gasteiger partial charge in [-0.05, 0) is 32.4 Å². The first-order valence-corrected chi connectivity index (χ1v) is 11.1. The van der Waals surface area contributed by atoms with Crippen LogP contribution in [0.3, 0.4) is 0 Å². The first-order valence-electron chi connectivity index (χ1n) is 10.3. The van der Waals surface area contributed by atoms with E-state index in [1.165, 1.54) is 17.3 Å². The minimum Gasteiger partial charge on any atom is -0.332 e. The fourth-order valence-electron chi connectivity index (χ4n) is 3.44. The molecule has 31 heavy (non-hydrogen) atoms. The Balaban J connectivity index is 1.58. The lowest BCUT2D eigenvalue weighted by atomic mass is 10.1. The summed E-state index contributed by atoms with van der Waals surface area (Å²) in [5.74, 6) is -0.0455. The molecule has 1 aromatic heterocycles. The van der Waals surface area contributed by atoms with Gasteiger partial charge in [0.1, 0.15) is 0 Å². The van der Waals surface area contributed by atoms with Crippen LogP contribution in [0.15, 0.2) is 84.0 Å². The van der Waals surface area contributed by atoms with E-state index in [1.807, 2.05) is 81.4 Å². The molecule has 0 radical (unpaired) electrons. The van der Waals surface area contributed by atoms with Crippen LogP contribution in [0, 0.1) is 13.8 Å². The summed E-state index contributed by atoms with van der Waals surface area (Å²) in [4.78, 5) is 21.1. The molecule has 2 N–H and O–H groups in total. The Labute approximate surface area is 187 Å². The van der Waals surface area contributed by atoms with Gasteiger partial charge in [0.15, 0.2) is 5.16 Å². The number of amides is 1. The Morgan fingerprint density at radius 2 is 1.58 bits per heavy atom. The second kappa shape index (κ2) is 9.23. The monoisotopic (exact) mass is 427 g/mol. The predicted octanol–water partition coefficient (Wildman–Crippen LogP) is 6.48. The number of carbonyl (C=O) groups is 1. The molecule has 3 aromatic carbocycles. The first kappa shape index (κ1) is 20.9. The van der Waals surface area contributed by atoms with Gasteiger partial charge in [-0.1, -0.05) is 90.1 Å². The standard InChI is InChI=1S/C26H25N3OS/c1-17-14-15-22(18(2)16-17)27-25(30)19(3)31-26-28-23(20-10-6-4-7-11-20)24(29-26)21-12-8-5-9-13-21/h4-16,19H,1-3H3,(H,27,30)(H,28,29). The Hall–Kier alpha value is -3.31. The van der Waals surface area contributed by atoms with E-state index in [-0.39, 0.29) is 11.2 Å². The first-order chi connectivity index (χ1) is 15.0. The maximum atomic E-state index is 12.8. The van der Waals surface area contributed by atoms with E-state index in [9.17, 15) is 4.79 Å². The van der Waals surface area contributed by atoms with Gasteiger partial charge in [0.2, 0.25) is 5.91 Å². The van der Waals surface area contributed by atoms with E-state index in [4.69, 9.17) is 4.98 Å². The summed E-state index contributed by atoms with van der Waals surface area (Å²) in [7, 11) is 0. The highest BCUT2D eigenvalue weighted by Crippen LogP contribution is 2.34. The van der Waals surface area contributed by atoms with Crippen molar-refractivity contribution in [3.63, 3.8) is 0 Å². The van der Waals surface area contributed by atoms with Crippen molar-refractivity contribution < 1.29 is 4.79 Å². The van der Waals surface area contributed by atoms with Crippen molar-refractivity contribution in [3.05, 3.63) is 90.0 Å². The van der Waals surface area contributed by atoms with Gasteiger partial charge in [0.25, 0.3) is 0 Å². The lowest BCUT2D eigenvalue weighted by Gasteiger charge is -2.13. The highest BCUT2D eigenvalue weighted by Gasteiger charge is 2.20. The van der Waals surface area contributed by atoms with E-state index >= 15 is 0 Å². The van der Waals surface area contributed by atoms with Crippen LogP contribution < -0.4 is 5.32 Å². The zero-order chi connectivity index (χ0) is 21.8. The van der Waals surface area contributed by atoms with Gasteiger partial charge in [-0.15, -0.1) is 0 Å². The van der Waals surface area contributed by atoms with Crippen molar-refractivity contribution in [3.8, 4) is 22.5 Å². The minimum absolute atomic E-state index is 0.0455. The van der Waals surface area contributed by atoms with Crippen LogP contribution in [0.1, 0.15) is 18.1 Å². The van der Waals surface area contributed by atoms with Crippen LogP contribution in [-0.4, -0.2) is 21.1 Å². The molecule has 0 aliphatic carbocycles. The molecule has 0 spiro atoms. The molecule has 0 aliphatic rings. The maximum absolute atomic E-state index is 12.8. The van der Waals surface area contributed by atoms with Crippen molar-refractivity contribution in [2.24, 2.45) is 0 Å². The zero-order valence-electron chi connectivity index (χ0n) is 17.8. The van der Waals surface area contributed by atoms with Crippen LogP contribution in [0.2, 0.25) is 0 Å². The van der Waals surface area contributed by atoms with Gasteiger partial charge in [0.05, 0.1) is 16.6 Å². The molecule has 0 bridgehead atoms. The number of H-pyrrole nitrogens is 1. The Morgan fingerprint density at radius 3 is 2.23 bits per heavy atom. The van der Waals surface area contributed by atoms with Crippen molar-refractivity contribution in [1.82, 2.24) is 9.97 Å². The minimum atomic E-state index is -0.306. The van der Waals surface area contributed by atoms with Gasteiger partial charge in [-0.2, -0.15) is 0 Å². The third-order valence-corrected chi connectivity index (χ3v) is 6.07. The number of nitrogens with one attached hydrogen (secondary N) is 2. The summed E-state index contributed by atoms with van der Waals surface area (Å²) >= 11 is 1.43. The molecule has 1 atom stereocenters. The molecule has 1 unspecified atom stereocenters. The number of benzene rings is 3. The molecule has 0 fully saturated rings. The number of imidazole rings is 1. The second-order valence-electron chi connectivity index (χ2n) is 7.57. The molecule has 0 aliphatic heterocycles. The number of hydrogen-bond donors (Lipinski definition) is 2. The zero-order valence-corrected chi connectivity index (χ0v) is 18.7. The van der Waals surface area contributed by atoms with Gasteiger partial charge >= 0.3 is 0 Å². The average Bonchev–Trinajstić information content (AvgIpc) is 3.20. The third kappa shape index (κ3) is 4.89. The SMILES string of the molecule is Cc1ccc(NC(=O)C(C)Sc2nc(-c3ccccc3)c(-c3ccccc3)[nH]2)c(C)c1. The highest BCUT2D eigenvalue weighted by molar-refractivity contribution is 8.00. The van der Waals surface area contributed by atoms with E-state index in [0.717, 1.165) is 38.9 Å². The van der Waals surface area contributed by atoms with Gasteiger partial charge in [-0.3, -0.25) is 4.79 Å². The molecule has 156 valence electrons. The summed E-state index contributed by atoms with van der Waals surface area (Å²) in [6.07, 6.45) is 0. The molecule has 4 aromatic rings. The Kier molecular flexibility index (Phi) is 6.23. The summed E-state index contributed by atoms with van der Waals surface area (Å²) in [5, 5.41) is 3.46. The van der Waals surface area contributed by atoms with Crippen molar-refractivity contribution >= 4 is 23.4 Å². The van der Waals surface area contributed by atoms with E-state index < -0.39 is 0 Å². The number of anilines is 1. The average molecular weight is 428 g/mol. The molecule has 5 heteroatoms. The van der Waals surface area contributed by atoms with Gasteiger partial charge < -0.3 is 10.3 Å². The number of thioether (sulfide) groups is 1. The number of aromatic amines is 1. The fraction of sp³-hybridized carbons (Fsp3) is 0.154.